The number of nitrogens with zero attached hydrogens (tertiary/aromatic N) is 6. The number of aryl methyl sites for hydroxylation is 1. The van der Waals surface area contributed by atoms with Crippen LogP contribution >= 0.6 is 0 Å². The standard InChI is InChI=1S/C4H4N6O3/c1-8-4-2(5-7-9(4)11)3(6-8)10(12)13/h11H,1H3. The minimum absolute atomic E-state index is 0.0324. The van der Waals surface area contributed by atoms with E-state index in [1.807, 2.05) is 0 Å². The molecular formula is C4H4N6O3. The SMILES string of the molecule is Cn1nc([N+](=O)[O-])c2nnn(O)c21. The molecule has 0 saturated carbocycles. The van der Waals surface area contributed by atoms with Gasteiger partial charge in [-0.05, 0) is 10.1 Å². The van der Waals surface area contributed by atoms with Gasteiger partial charge in [-0.15, -0.1) is 5.10 Å². The first-order valence-electron chi connectivity index (χ1n) is 3.23. The molecule has 0 aromatic carbocycles. The average molecular weight is 184 g/mol. The van der Waals surface area contributed by atoms with E-state index in [4.69, 9.17) is 5.21 Å². The zero-order valence-corrected chi connectivity index (χ0v) is 6.45. The van der Waals surface area contributed by atoms with Gasteiger partial charge in [-0.2, -0.15) is 4.68 Å². The lowest BCUT2D eigenvalue weighted by Crippen LogP contribution is -2.00. The van der Waals surface area contributed by atoms with Crippen molar-refractivity contribution >= 4 is 17.0 Å². The summed E-state index contributed by atoms with van der Waals surface area (Å²) in [4.78, 5) is 10.2. The zero-order chi connectivity index (χ0) is 9.59. The van der Waals surface area contributed by atoms with Crippen molar-refractivity contribution in [3.8, 4) is 0 Å². The fraction of sp³-hybridized carbons (Fsp3) is 0.250. The number of nitro groups is 1. The van der Waals surface area contributed by atoms with E-state index in [-0.39, 0.29) is 11.2 Å². The van der Waals surface area contributed by atoms with Crippen molar-refractivity contribution < 1.29 is 10.1 Å². The van der Waals surface area contributed by atoms with E-state index < -0.39 is 10.7 Å². The summed E-state index contributed by atoms with van der Waals surface area (Å²) < 4.78 is 1.13. The molecule has 9 heteroatoms. The van der Waals surface area contributed by atoms with Crippen LogP contribution in [0.5, 0.6) is 0 Å². The Hall–Kier alpha value is -2.19. The predicted molar refractivity (Wildman–Crippen MR) is 38.1 cm³/mol. The van der Waals surface area contributed by atoms with Gasteiger partial charge in [0.05, 0.1) is 12.1 Å². The van der Waals surface area contributed by atoms with Crippen molar-refractivity contribution in [1.82, 2.24) is 24.9 Å². The van der Waals surface area contributed by atoms with Crippen LogP contribution in [0.3, 0.4) is 0 Å². The topological polar surface area (TPSA) is 112 Å². The summed E-state index contributed by atoms with van der Waals surface area (Å²) in [5.41, 5.74) is 0.0571. The first kappa shape index (κ1) is 7.46. The number of fused-ring (bicyclic) bond motifs is 1. The highest BCUT2D eigenvalue weighted by atomic mass is 16.6. The Morgan fingerprint density at radius 2 is 2.31 bits per heavy atom. The maximum Gasteiger partial charge on any atom is 0.420 e. The van der Waals surface area contributed by atoms with Crippen molar-refractivity contribution in [3.63, 3.8) is 0 Å². The van der Waals surface area contributed by atoms with Gasteiger partial charge in [-0.1, -0.05) is 4.85 Å². The Kier molecular flexibility index (Phi) is 1.23. The first-order valence-corrected chi connectivity index (χ1v) is 3.23. The number of aromatic nitrogens is 5. The maximum absolute atomic E-state index is 10.4. The fourth-order valence-electron chi connectivity index (χ4n) is 1.06. The van der Waals surface area contributed by atoms with E-state index >= 15 is 0 Å². The molecule has 0 atom stereocenters. The lowest BCUT2D eigenvalue weighted by molar-refractivity contribution is -0.388. The minimum Gasteiger partial charge on any atom is -0.409 e. The van der Waals surface area contributed by atoms with Crippen LogP contribution in [0.15, 0.2) is 0 Å². The molecule has 0 aliphatic rings. The average Bonchev–Trinajstić information content (AvgIpc) is 2.55. The Bertz CT molecular complexity index is 483. The molecule has 0 fully saturated rings. The van der Waals surface area contributed by atoms with Crippen LogP contribution in [-0.2, 0) is 7.05 Å². The molecule has 0 radical (unpaired) electrons. The second-order valence-electron chi connectivity index (χ2n) is 2.36. The molecule has 2 aromatic heterocycles. The molecule has 1 N–H and O–H groups in total. The van der Waals surface area contributed by atoms with Crippen molar-refractivity contribution in [3.05, 3.63) is 10.1 Å². The maximum atomic E-state index is 10.4. The van der Waals surface area contributed by atoms with Crippen LogP contribution in [0.2, 0.25) is 0 Å². The molecule has 13 heavy (non-hydrogen) atoms. The number of hydrogen-bond acceptors (Lipinski definition) is 6. The van der Waals surface area contributed by atoms with Gasteiger partial charge in [-0.25, -0.2) is 0 Å². The highest BCUT2D eigenvalue weighted by molar-refractivity contribution is 5.78. The van der Waals surface area contributed by atoms with Crippen molar-refractivity contribution in [2.45, 2.75) is 0 Å². The van der Waals surface area contributed by atoms with Crippen LogP contribution in [0.25, 0.3) is 11.2 Å². The van der Waals surface area contributed by atoms with Crippen LogP contribution in [0.4, 0.5) is 5.82 Å². The molecule has 0 aliphatic heterocycles. The molecule has 0 spiro atoms. The van der Waals surface area contributed by atoms with Crippen LogP contribution in [0, 0.1) is 10.1 Å². The molecule has 0 amide bonds. The van der Waals surface area contributed by atoms with Gasteiger partial charge in [0.25, 0.3) is 0 Å². The van der Waals surface area contributed by atoms with E-state index in [2.05, 4.69) is 15.4 Å². The monoisotopic (exact) mass is 184 g/mol. The predicted octanol–water partition coefficient (Wildman–Crippen LogP) is -0.690. The first-order chi connectivity index (χ1) is 6.11. The summed E-state index contributed by atoms with van der Waals surface area (Å²) >= 11 is 0. The van der Waals surface area contributed by atoms with E-state index in [1.165, 1.54) is 7.05 Å². The molecular weight excluding hydrogens is 180 g/mol. The van der Waals surface area contributed by atoms with Crippen LogP contribution in [-0.4, -0.2) is 35.1 Å². The summed E-state index contributed by atoms with van der Waals surface area (Å²) in [5.74, 6) is -0.419. The third-order valence-corrected chi connectivity index (χ3v) is 1.57. The van der Waals surface area contributed by atoms with Crippen LogP contribution < -0.4 is 0 Å². The number of hydrogen-bond donors (Lipinski definition) is 1. The van der Waals surface area contributed by atoms with Gasteiger partial charge in [-0.3, -0.25) is 0 Å². The van der Waals surface area contributed by atoms with Crippen molar-refractivity contribution in [2.24, 2.45) is 7.05 Å². The summed E-state index contributed by atoms with van der Waals surface area (Å²) in [6.45, 7) is 0. The lowest BCUT2D eigenvalue weighted by Gasteiger charge is -1.85. The normalized spacial score (nSPS) is 10.8. The quantitative estimate of drug-likeness (QED) is 0.356. The lowest BCUT2D eigenvalue weighted by atomic mass is 10.5. The molecule has 68 valence electrons. The summed E-state index contributed by atoms with van der Waals surface area (Å²) in [5, 5.41) is 29.6. The summed E-state index contributed by atoms with van der Waals surface area (Å²) in [7, 11) is 1.45. The Balaban J connectivity index is 2.87. The second kappa shape index (κ2) is 2.15. The third kappa shape index (κ3) is 0.832. The van der Waals surface area contributed by atoms with Gasteiger partial charge in [0.15, 0.2) is 0 Å². The van der Waals surface area contributed by atoms with Gasteiger partial charge in [0.2, 0.25) is 11.2 Å². The fourth-order valence-corrected chi connectivity index (χ4v) is 1.06. The van der Waals surface area contributed by atoms with Crippen LogP contribution in [0.1, 0.15) is 0 Å². The zero-order valence-electron chi connectivity index (χ0n) is 6.45. The van der Waals surface area contributed by atoms with Gasteiger partial charge >= 0.3 is 5.82 Å². The summed E-state index contributed by atoms with van der Waals surface area (Å²) in [6.07, 6.45) is 0. The molecule has 2 aromatic rings. The number of rotatable bonds is 1. The molecule has 9 nitrogen and oxygen atoms in total. The molecule has 2 heterocycles. The smallest absolute Gasteiger partial charge is 0.409 e. The Morgan fingerprint density at radius 3 is 2.92 bits per heavy atom. The van der Waals surface area contributed by atoms with E-state index in [1.54, 1.807) is 0 Å². The molecule has 0 unspecified atom stereocenters. The highest BCUT2D eigenvalue weighted by Crippen LogP contribution is 2.19. The summed E-state index contributed by atoms with van der Waals surface area (Å²) in [6, 6.07) is 0. The van der Waals surface area contributed by atoms with E-state index in [0.29, 0.717) is 4.85 Å². The molecule has 0 bridgehead atoms. The minimum atomic E-state index is -0.684. The second-order valence-corrected chi connectivity index (χ2v) is 2.36. The molecule has 2 rings (SSSR count). The Morgan fingerprint density at radius 1 is 1.62 bits per heavy atom. The van der Waals surface area contributed by atoms with E-state index in [0.717, 1.165) is 4.68 Å². The van der Waals surface area contributed by atoms with Crippen molar-refractivity contribution in [1.29, 1.82) is 0 Å². The molecule has 0 aliphatic carbocycles. The largest absolute Gasteiger partial charge is 0.420 e. The van der Waals surface area contributed by atoms with Gasteiger partial charge in [0.1, 0.15) is 0 Å². The van der Waals surface area contributed by atoms with E-state index in [9.17, 15) is 10.1 Å². The highest BCUT2D eigenvalue weighted by Gasteiger charge is 2.25. The van der Waals surface area contributed by atoms with Gasteiger partial charge in [0, 0.05) is 0 Å². The Labute approximate surface area is 70.3 Å². The van der Waals surface area contributed by atoms with Crippen molar-refractivity contribution in [2.75, 3.05) is 0 Å². The van der Waals surface area contributed by atoms with Gasteiger partial charge < -0.3 is 15.3 Å². The third-order valence-electron chi connectivity index (χ3n) is 1.57. The molecule has 0 saturated heterocycles.